The van der Waals surface area contributed by atoms with Crippen molar-refractivity contribution in [2.45, 2.75) is 38.0 Å². The van der Waals surface area contributed by atoms with Crippen LogP contribution in [0.5, 0.6) is 0 Å². The molecule has 8 heteroatoms. The number of carbonyl (C=O) groups is 3. The molecule has 2 aliphatic carbocycles. The van der Waals surface area contributed by atoms with Crippen molar-refractivity contribution >= 4 is 18.0 Å². The van der Waals surface area contributed by atoms with Crippen LogP contribution in [0.4, 0.5) is 9.59 Å². The standard InChI is InChI=1S/C15H20N2O6/c1-15(2,21)8-5-7-9-6-10(11(7)12(8)18)17(14(20)23-4)16(9)13(19)22-3/h5,7,9-11,21H,6H2,1-4H3/t7-,9+,10-,11-/m0/s1. The number of aliphatic hydroxyl groups is 1. The quantitative estimate of drug-likeness (QED) is 0.763. The number of methoxy groups -OCH3 is 2. The van der Waals surface area contributed by atoms with E-state index < -0.39 is 29.7 Å². The molecule has 2 amide bonds. The molecule has 0 aromatic heterocycles. The maximum Gasteiger partial charge on any atom is 0.428 e. The lowest BCUT2D eigenvalue weighted by Gasteiger charge is -2.40. The molecule has 0 unspecified atom stereocenters. The largest absolute Gasteiger partial charge is 0.452 e. The maximum absolute atomic E-state index is 12.7. The summed E-state index contributed by atoms with van der Waals surface area (Å²) in [6.07, 6.45) is 0.855. The Balaban J connectivity index is 2.00. The summed E-state index contributed by atoms with van der Waals surface area (Å²) in [6, 6.07) is -0.833. The first-order valence-corrected chi connectivity index (χ1v) is 7.45. The summed E-state index contributed by atoms with van der Waals surface area (Å²) in [4.78, 5) is 36.9. The zero-order valence-corrected chi connectivity index (χ0v) is 13.5. The number of nitrogens with zero attached hydrogens (tertiary/aromatic N) is 2. The summed E-state index contributed by atoms with van der Waals surface area (Å²) in [6.45, 7) is 3.10. The molecule has 2 fully saturated rings. The lowest BCUT2D eigenvalue weighted by Crippen LogP contribution is -2.58. The highest BCUT2D eigenvalue weighted by Gasteiger charge is 2.64. The third-order valence-corrected chi connectivity index (χ3v) is 4.93. The number of ether oxygens (including phenoxy) is 2. The van der Waals surface area contributed by atoms with Gasteiger partial charge < -0.3 is 14.6 Å². The van der Waals surface area contributed by atoms with Crippen LogP contribution in [0.1, 0.15) is 20.3 Å². The number of amides is 2. The summed E-state index contributed by atoms with van der Waals surface area (Å²) in [7, 11) is 2.46. The number of hydrogen-bond acceptors (Lipinski definition) is 6. The van der Waals surface area contributed by atoms with Crippen molar-refractivity contribution in [3.63, 3.8) is 0 Å². The lowest BCUT2D eigenvalue weighted by atomic mass is 9.89. The van der Waals surface area contributed by atoms with Gasteiger partial charge in [-0.1, -0.05) is 6.08 Å². The first kappa shape index (κ1) is 15.8. The second kappa shape index (κ2) is 4.95. The van der Waals surface area contributed by atoms with Crippen LogP contribution in [0.2, 0.25) is 0 Å². The van der Waals surface area contributed by atoms with Crippen LogP contribution < -0.4 is 0 Å². The third kappa shape index (κ3) is 2.04. The van der Waals surface area contributed by atoms with Crippen LogP contribution in [-0.2, 0) is 14.3 Å². The van der Waals surface area contributed by atoms with Gasteiger partial charge in [0.2, 0.25) is 0 Å². The molecule has 3 rings (SSSR count). The number of Topliss-reactive ketones (excluding diaryl/α,β-unsaturated/α-hetero) is 1. The molecule has 126 valence electrons. The van der Waals surface area contributed by atoms with Gasteiger partial charge in [-0.3, -0.25) is 4.79 Å². The minimum atomic E-state index is -1.26. The average molecular weight is 324 g/mol. The van der Waals surface area contributed by atoms with Crippen LogP contribution in [0, 0.1) is 11.8 Å². The van der Waals surface area contributed by atoms with Gasteiger partial charge in [0.1, 0.15) is 0 Å². The van der Waals surface area contributed by atoms with Crippen LogP contribution in [0.25, 0.3) is 0 Å². The predicted molar refractivity (Wildman–Crippen MR) is 77.0 cm³/mol. The third-order valence-electron chi connectivity index (χ3n) is 4.93. The Morgan fingerprint density at radius 1 is 1.17 bits per heavy atom. The molecule has 0 radical (unpaired) electrons. The van der Waals surface area contributed by atoms with Crippen molar-refractivity contribution < 1.29 is 29.0 Å². The fourth-order valence-electron chi connectivity index (χ4n) is 4.04. The molecule has 0 spiro atoms. The number of carbonyl (C=O) groups excluding carboxylic acids is 3. The zero-order valence-electron chi connectivity index (χ0n) is 13.5. The molecule has 0 aromatic carbocycles. The topological polar surface area (TPSA) is 96.4 Å². The Morgan fingerprint density at radius 3 is 2.17 bits per heavy atom. The number of fused-ring (bicyclic) bond motifs is 5. The molecule has 8 nitrogen and oxygen atoms in total. The molecule has 4 atom stereocenters. The Kier molecular flexibility index (Phi) is 3.40. The van der Waals surface area contributed by atoms with E-state index in [2.05, 4.69) is 0 Å². The van der Waals surface area contributed by atoms with Gasteiger partial charge in [0.25, 0.3) is 0 Å². The monoisotopic (exact) mass is 324 g/mol. The van der Waals surface area contributed by atoms with Crippen molar-refractivity contribution in [3.05, 3.63) is 11.6 Å². The summed E-state index contributed by atoms with van der Waals surface area (Å²) in [5.41, 5.74) is -0.925. The molecular formula is C15H20N2O6. The summed E-state index contributed by atoms with van der Waals surface area (Å²) in [5, 5.41) is 12.6. The average Bonchev–Trinajstić information content (AvgIpc) is 3.13. The fourth-order valence-corrected chi connectivity index (χ4v) is 4.04. The van der Waals surface area contributed by atoms with Crippen LogP contribution >= 0.6 is 0 Å². The summed E-state index contributed by atoms with van der Waals surface area (Å²) < 4.78 is 9.51. The summed E-state index contributed by atoms with van der Waals surface area (Å²) in [5.74, 6) is -0.858. The Hall–Kier alpha value is -2.09. The van der Waals surface area contributed by atoms with E-state index in [1.807, 2.05) is 0 Å². The maximum atomic E-state index is 12.7. The molecule has 3 aliphatic rings. The molecular weight excluding hydrogens is 304 g/mol. The molecule has 1 saturated heterocycles. The van der Waals surface area contributed by atoms with Crippen molar-refractivity contribution in [2.24, 2.45) is 11.8 Å². The number of hydrogen-bond donors (Lipinski definition) is 1. The van der Waals surface area contributed by atoms with Crippen molar-refractivity contribution in [1.29, 1.82) is 0 Å². The molecule has 1 saturated carbocycles. The molecule has 0 aromatic rings. The van der Waals surface area contributed by atoms with Crippen molar-refractivity contribution in [1.82, 2.24) is 10.0 Å². The molecule has 1 N–H and O–H groups in total. The van der Waals surface area contributed by atoms with Crippen LogP contribution in [0.15, 0.2) is 11.6 Å². The number of ketones is 1. The Bertz CT molecular complexity index is 608. The fraction of sp³-hybridized carbons (Fsp3) is 0.667. The van der Waals surface area contributed by atoms with E-state index in [0.29, 0.717) is 12.0 Å². The second-order valence-corrected chi connectivity index (χ2v) is 6.61. The van der Waals surface area contributed by atoms with E-state index >= 15 is 0 Å². The van der Waals surface area contributed by atoms with Gasteiger partial charge in [-0.15, -0.1) is 0 Å². The highest BCUT2D eigenvalue weighted by molar-refractivity contribution is 6.03. The molecule has 1 aliphatic heterocycles. The first-order valence-electron chi connectivity index (χ1n) is 7.45. The van der Waals surface area contributed by atoms with E-state index in [1.165, 1.54) is 24.2 Å². The molecule has 23 heavy (non-hydrogen) atoms. The smallest absolute Gasteiger partial charge is 0.428 e. The number of rotatable bonds is 1. The SMILES string of the molecule is COC(=O)N1[C@@H]2C[C@@H]([C@H]3C(=O)C(C(C)(C)O)=C[C@H]32)N1C(=O)OC. The number of hydrazine groups is 1. The van der Waals surface area contributed by atoms with Crippen LogP contribution in [0.3, 0.4) is 0 Å². The predicted octanol–water partition coefficient (Wildman–Crippen LogP) is 0.705. The minimum absolute atomic E-state index is 0.173. The van der Waals surface area contributed by atoms with Gasteiger partial charge >= 0.3 is 12.2 Å². The summed E-state index contributed by atoms with van der Waals surface area (Å²) >= 11 is 0. The van der Waals surface area contributed by atoms with E-state index in [1.54, 1.807) is 19.9 Å². The highest BCUT2D eigenvalue weighted by atomic mass is 16.6. The Labute approximate surface area is 133 Å². The zero-order chi connectivity index (χ0) is 17.1. The lowest BCUT2D eigenvalue weighted by molar-refractivity contribution is -0.127. The van der Waals surface area contributed by atoms with Gasteiger partial charge in [-0.25, -0.2) is 19.6 Å². The van der Waals surface area contributed by atoms with Crippen molar-refractivity contribution in [2.75, 3.05) is 14.2 Å². The second-order valence-electron chi connectivity index (χ2n) is 6.61. The highest BCUT2D eigenvalue weighted by Crippen LogP contribution is 2.52. The van der Waals surface area contributed by atoms with Gasteiger partial charge in [-0.2, -0.15) is 0 Å². The van der Waals surface area contributed by atoms with Gasteiger partial charge in [-0.05, 0) is 20.3 Å². The molecule has 1 heterocycles. The van der Waals surface area contributed by atoms with E-state index in [-0.39, 0.29) is 17.7 Å². The normalized spacial score (nSPS) is 32.0. The van der Waals surface area contributed by atoms with Crippen LogP contribution in [-0.4, -0.2) is 65.0 Å². The van der Waals surface area contributed by atoms with E-state index in [0.717, 1.165) is 0 Å². The first-order chi connectivity index (χ1) is 10.7. The van der Waals surface area contributed by atoms with E-state index in [4.69, 9.17) is 9.47 Å². The van der Waals surface area contributed by atoms with E-state index in [9.17, 15) is 19.5 Å². The van der Waals surface area contributed by atoms with Gasteiger partial charge in [0, 0.05) is 11.5 Å². The Morgan fingerprint density at radius 2 is 1.70 bits per heavy atom. The van der Waals surface area contributed by atoms with Crippen molar-refractivity contribution in [3.8, 4) is 0 Å². The van der Waals surface area contributed by atoms with Gasteiger partial charge in [0.05, 0.1) is 37.8 Å². The molecule has 2 bridgehead atoms. The minimum Gasteiger partial charge on any atom is -0.452 e. The van der Waals surface area contributed by atoms with Gasteiger partial charge in [0.15, 0.2) is 5.78 Å².